The minimum atomic E-state index is -1.71. The summed E-state index contributed by atoms with van der Waals surface area (Å²) in [5, 5.41) is 111. The van der Waals surface area contributed by atoms with Gasteiger partial charge >= 0.3 is 0 Å². The van der Waals surface area contributed by atoms with Gasteiger partial charge in [-0.3, -0.25) is 9.59 Å². The molecule has 4 aliphatic rings. The van der Waals surface area contributed by atoms with E-state index in [0.717, 1.165) is 18.2 Å². The van der Waals surface area contributed by atoms with E-state index >= 15 is 0 Å². The normalized spacial score (nSPS) is 22.7. The fraction of sp³-hybridized carbons (Fsp3) is 0.240. The van der Waals surface area contributed by atoms with E-state index in [2.05, 4.69) is 0 Å². The lowest BCUT2D eigenvalue weighted by molar-refractivity contribution is -0.0130. The van der Waals surface area contributed by atoms with Gasteiger partial charge in [-0.05, 0) is 65.2 Å². The van der Waals surface area contributed by atoms with Crippen molar-refractivity contribution >= 4 is 11.6 Å². The van der Waals surface area contributed by atoms with Gasteiger partial charge in [0.05, 0.1) is 33.4 Å². The Morgan fingerprint density at radius 1 is 0.457 bits per heavy atom. The summed E-state index contributed by atoms with van der Waals surface area (Å²) in [6, 6.07) is 21.1. The van der Waals surface area contributed by atoms with Crippen molar-refractivity contribution in [2.45, 2.75) is 48.6 Å². The van der Waals surface area contributed by atoms with Crippen molar-refractivity contribution in [3.8, 4) is 80.5 Å². The molecule has 20 heteroatoms. The number of ketones is 2. The smallest absolute Gasteiger partial charge is 0.202 e. The number of carbonyl (C=O) groups excluding carboxylic acids is 2. The topological polar surface area (TPSA) is 321 Å². The standard InChI is InChI=1S/2C25H22O10/c1-32-17-6-11(2-4-14(17)28)24-20(10-26)33-16-5-3-12(7-18(16)34-24)25-23(31)22(30)21-15(29)8-13(27)9-19(21)35-25;1-33-18-6-10(2-3-15(18)28)23-14(9-26)13-4-11(5-17(30)25(13)35-23)24-22(32)21(31)20-16(29)7-12(27)8-19(20)34-24/h2-9,20,23-29,31H,10H2,1H3;2-8,14,22-24,26-30,32H,9H2,1H3. The SMILES string of the molecule is COc1cc(C2Oc3c(O)cc(C4Oc5cc(O)cc(O)c5C(=O)C4O)cc3C2CO)ccc1O.COc1cc(C2Oc3cc(C4Oc5cc(O)cc(O)c5C(=O)C4O)ccc3OC2CO)ccc1O. The highest BCUT2D eigenvalue weighted by Crippen LogP contribution is 2.53. The summed E-state index contributed by atoms with van der Waals surface area (Å²) in [5.41, 5.74) is 1.73. The zero-order valence-electron chi connectivity index (χ0n) is 36.8. The van der Waals surface area contributed by atoms with Crippen molar-refractivity contribution in [1.82, 2.24) is 0 Å². The highest BCUT2D eigenvalue weighted by Gasteiger charge is 2.44. The second kappa shape index (κ2) is 18.3. The summed E-state index contributed by atoms with van der Waals surface area (Å²) in [6.07, 6.45) is -7.97. The third kappa shape index (κ3) is 8.17. The van der Waals surface area contributed by atoms with Crippen LogP contribution >= 0.6 is 0 Å². The quantitative estimate of drug-likeness (QED) is 0.0979. The van der Waals surface area contributed by atoms with Gasteiger partial charge in [-0.15, -0.1) is 0 Å². The Hall–Kier alpha value is -8.30. The van der Waals surface area contributed by atoms with E-state index in [4.69, 9.17) is 33.2 Å². The highest BCUT2D eigenvalue weighted by atomic mass is 16.6. The van der Waals surface area contributed by atoms with E-state index in [0.29, 0.717) is 28.0 Å². The van der Waals surface area contributed by atoms with Crippen molar-refractivity contribution in [2.75, 3.05) is 27.4 Å². The summed E-state index contributed by atoms with van der Waals surface area (Å²) in [4.78, 5) is 25.5. The number of hydrogen-bond acceptors (Lipinski definition) is 20. The monoisotopic (exact) mass is 964 g/mol. The molecule has 0 saturated carbocycles. The molecular formula is C50H44O20. The lowest BCUT2D eigenvalue weighted by Crippen LogP contribution is -2.37. The van der Waals surface area contributed by atoms with Gasteiger partial charge in [0, 0.05) is 35.4 Å². The first-order valence-corrected chi connectivity index (χ1v) is 21.4. The number of aliphatic hydroxyl groups excluding tert-OH is 4. The molecule has 0 amide bonds. The van der Waals surface area contributed by atoms with Gasteiger partial charge in [0.1, 0.15) is 51.7 Å². The third-order valence-electron chi connectivity index (χ3n) is 12.3. The largest absolute Gasteiger partial charge is 0.508 e. The predicted octanol–water partition coefficient (Wildman–Crippen LogP) is 4.77. The number of Topliss-reactive ketones (excluding diaryl/α,β-unsaturated/α-hetero) is 2. The van der Waals surface area contributed by atoms with Crippen LogP contribution in [0.4, 0.5) is 0 Å². The van der Waals surface area contributed by atoms with Crippen LogP contribution in [0.15, 0.2) is 91.0 Å². The molecule has 0 radical (unpaired) electrons. The lowest BCUT2D eigenvalue weighted by Gasteiger charge is -2.35. The van der Waals surface area contributed by atoms with E-state index < -0.39 is 71.7 Å². The van der Waals surface area contributed by atoms with Crippen LogP contribution in [0.2, 0.25) is 0 Å². The van der Waals surface area contributed by atoms with E-state index in [-0.39, 0.29) is 93.1 Å². The first-order valence-electron chi connectivity index (χ1n) is 21.4. The number of rotatable bonds is 8. The van der Waals surface area contributed by atoms with Gasteiger partial charge < -0.3 is 89.3 Å². The van der Waals surface area contributed by atoms with Crippen LogP contribution in [0.25, 0.3) is 0 Å². The van der Waals surface area contributed by atoms with Crippen LogP contribution in [0.5, 0.6) is 80.5 Å². The number of aliphatic hydroxyl groups is 4. The minimum Gasteiger partial charge on any atom is -0.508 e. The molecule has 0 fully saturated rings. The minimum absolute atomic E-state index is 0.0540. The Morgan fingerprint density at radius 3 is 1.49 bits per heavy atom. The zero-order chi connectivity index (χ0) is 49.9. The summed E-state index contributed by atoms with van der Waals surface area (Å²) >= 11 is 0. The van der Waals surface area contributed by atoms with E-state index in [1.807, 2.05) is 0 Å². The second-order valence-corrected chi connectivity index (χ2v) is 16.6. The number of carbonyl (C=O) groups is 2. The first kappa shape index (κ1) is 46.8. The van der Waals surface area contributed by atoms with E-state index in [9.17, 15) is 65.8 Å². The van der Waals surface area contributed by atoms with Crippen molar-refractivity contribution in [3.63, 3.8) is 0 Å². The molecule has 0 saturated heterocycles. The molecule has 0 aliphatic carbocycles. The molecular weight excluding hydrogens is 921 g/mol. The Morgan fingerprint density at radius 2 is 0.957 bits per heavy atom. The lowest BCUT2D eigenvalue weighted by atomic mass is 9.87. The van der Waals surface area contributed by atoms with Crippen LogP contribution in [0, 0.1) is 0 Å². The fourth-order valence-electron chi connectivity index (χ4n) is 8.91. The molecule has 4 heterocycles. The molecule has 364 valence electrons. The number of methoxy groups -OCH3 is 2. The molecule has 0 aromatic heterocycles. The average Bonchev–Trinajstić information content (AvgIpc) is 3.72. The van der Waals surface area contributed by atoms with E-state index in [1.54, 1.807) is 48.5 Å². The predicted molar refractivity (Wildman–Crippen MR) is 239 cm³/mol. The fourth-order valence-corrected chi connectivity index (χ4v) is 8.91. The van der Waals surface area contributed by atoms with Gasteiger partial charge in [-0.25, -0.2) is 0 Å². The van der Waals surface area contributed by atoms with Gasteiger partial charge in [0.25, 0.3) is 0 Å². The maximum absolute atomic E-state index is 12.8. The molecule has 0 bridgehead atoms. The summed E-state index contributed by atoms with van der Waals surface area (Å²) in [5.74, 6) is -3.27. The molecule has 6 aromatic carbocycles. The molecule has 8 unspecified atom stereocenters. The van der Waals surface area contributed by atoms with Crippen LogP contribution in [-0.2, 0) is 0 Å². The maximum atomic E-state index is 12.8. The van der Waals surface area contributed by atoms with Crippen molar-refractivity contribution in [2.24, 2.45) is 0 Å². The number of benzene rings is 6. The molecule has 4 aliphatic heterocycles. The van der Waals surface area contributed by atoms with Crippen LogP contribution < -0.4 is 33.2 Å². The van der Waals surface area contributed by atoms with Gasteiger partial charge in [0.2, 0.25) is 11.6 Å². The van der Waals surface area contributed by atoms with Gasteiger partial charge in [-0.2, -0.15) is 0 Å². The molecule has 0 spiro atoms. The number of phenolic OH excluding ortho intramolecular Hbond substituents is 7. The van der Waals surface area contributed by atoms with E-state index in [1.165, 1.54) is 38.5 Å². The number of ether oxygens (including phenoxy) is 7. The molecule has 11 N–H and O–H groups in total. The van der Waals surface area contributed by atoms with Crippen LogP contribution in [0.3, 0.4) is 0 Å². The maximum Gasteiger partial charge on any atom is 0.202 e. The molecule has 8 atom stereocenters. The van der Waals surface area contributed by atoms with Crippen LogP contribution in [-0.4, -0.2) is 113 Å². The third-order valence-corrected chi connectivity index (χ3v) is 12.3. The van der Waals surface area contributed by atoms with Crippen LogP contribution in [0.1, 0.15) is 78.9 Å². The Balaban J connectivity index is 0.000000174. The highest BCUT2D eigenvalue weighted by molar-refractivity contribution is 6.06. The zero-order valence-corrected chi connectivity index (χ0v) is 36.8. The first-order chi connectivity index (χ1) is 33.5. The molecule has 70 heavy (non-hydrogen) atoms. The Kier molecular flexibility index (Phi) is 12.2. The van der Waals surface area contributed by atoms with Crippen molar-refractivity contribution in [3.05, 3.63) is 130 Å². The number of aromatic hydroxyl groups is 7. The van der Waals surface area contributed by atoms with Gasteiger partial charge in [0.15, 0.2) is 82.6 Å². The Labute approximate surface area is 396 Å². The van der Waals surface area contributed by atoms with Crippen molar-refractivity contribution < 1.29 is 98.9 Å². The summed E-state index contributed by atoms with van der Waals surface area (Å²) in [7, 11) is 2.82. The summed E-state index contributed by atoms with van der Waals surface area (Å²) in [6.45, 7) is -0.709. The summed E-state index contributed by atoms with van der Waals surface area (Å²) < 4.78 is 39.9. The van der Waals surface area contributed by atoms with Gasteiger partial charge in [-0.1, -0.05) is 18.2 Å². The van der Waals surface area contributed by atoms with Crippen molar-refractivity contribution in [1.29, 1.82) is 0 Å². The molecule has 20 nitrogen and oxygen atoms in total. The second-order valence-electron chi connectivity index (χ2n) is 16.6. The molecule has 6 aromatic rings. The number of fused-ring (bicyclic) bond motifs is 4. The number of phenols is 7. The number of hydrogen-bond donors (Lipinski definition) is 11. The Bertz CT molecular complexity index is 3040. The average molecular weight is 965 g/mol. The molecule has 10 rings (SSSR count).